The summed E-state index contributed by atoms with van der Waals surface area (Å²) in [5.41, 5.74) is 7.16. The molecule has 3 aromatic rings. The number of aromatic nitrogens is 1. The molecule has 3 rings (SSSR count). The Labute approximate surface area is 135 Å². The van der Waals surface area contributed by atoms with Crippen molar-refractivity contribution < 1.29 is 13.9 Å². The van der Waals surface area contributed by atoms with E-state index in [1.54, 1.807) is 30.3 Å². The zero-order valence-electron chi connectivity index (χ0n) is 11.7. The summed E-state index contributed by atoms with van der Waals surface area (Å²) >= 11 is 6.01. The van der Waals surface area contributed by atoms with Crippen LogP contribution < -0.4 is 5.73 Å². The van der Waals surface area contributed by atoms with Crippen molar-refractivity contribution in [2.45, 2.75) is 0 Å². The van der Waals surface area contributed by atoms with Crippen LogP contribution in [0.15, 0.2) is 42.5 Å². The first-order valence-corrected chi connectivity index (χ1v) is 6.97. The molecule has 0 bridgehead atoms. The fraction of sp³-hybridized carbons (Fsp3) is 0. The Morgan fingerprint density at radius 3 is 2.57 bits per heavy atom. The van der Waals surface area contributed by atoms with Gasteiger partial charge in [-0.25, -0.2) is 9.18 Å². The SMILES string of the molecule is N=C(OC(N)=O)c1c(-c2ccc(F)cc2)[nH]c2ccc(Cl)cc12. The highest BCUT2D eigenvalue weighted by molar-refractivity contribution is 6.31. The molecule has 0 unspecified atom stereocenters. The molecular formula is C16H11ClFN3O2. The van der Waals surface area contributed by atoms with E-state index < -0.39 is 12.0 Å². The van der Waals surface area contributed by atoms with Crippen LogP contribution in [-0.4, -0.2) is 17.0 Å². The number of ether oxygens (including phenoxy) is 1. The third-order valence-electron chi connectivity index (χ3n) is 3.32. The van der Waals surface area contributed by atoms with Gasteiger partial charge >= 0.3 is 6.09 Å². The summed E-state index contributed by atoms with van der Waals surface area (Å²) in [6.45, 7) is 0. The predicted octanol–water partition coefficient (Wildman–Crippen LogP) is 4.05. The van der Waals surface area contributed by atoms with Crippen LogP contribution in [0.25, 0.3) is 22.2 Å². The number of nitrogens with one attached hydrogen (secondary N) is 2. The highest BCUT2D eigenvalue weighted by Gasteiger charge is 2.20. The van der Waals surface area contributed by atoms with Crippen LogP contribution >= 0.6 is 11.6 Å². The first-order valence-electron chi connectivity index (χ1n) is 6.59. The number of benzene rings is 2. The van der Waals surface area contributed by atoms with E-state index in [2.05, 4.69) is 4.98 Å². The number of primary amides is 1. The summed E-state index contributed by atoms with van der Waals surface area (Å²) < 4.78 is 17.8. The molecule has 1 aromatic heterocycles. The maximum absolute atomic E-state index is 13.1. The zero-order valence-corrected chi connectivity index (χ0v) is 12.4. The van der Waals surface area contributed by atoms with Crippen molar-refractivity contribution in [3.05, 3.63) is 58.9 Å². The van der Waals surface area contributed by atoms with Crippen LogP contribution in [0.1, 0.15) is 5.56 Å². The molecule has 0 aliphatic carbocycles. The fourth-order valence-electron chi connectivity index (χ4n) is 2.38. The van der Waals surface area contributed by atoms with Crippen molar-refractivity contribution in [3.8, 4) is 11.3 Å². The molecule has 23 heavy (non-hydrogen) atoms. The Kier molecular flexibility index (Phi) is 3.75. The zero-order chi connectivity index (χ0) is 16.6. The van der Waals surface area contributed by atoms with Gasteiger partial charge in [-0.3, -0.25) is 5.41 Å². The minimum atomic E-state index is -1.09. The van der Waals surface area contributed by atoms with E-state index in [1.807, 2.05) is 0 Å². The van der Waals surface area contributed by atoms with Crippen LogP contribution in [0.4, 0.5) is 9.18 Å². The average Bonchev–Trinajstić information content (AvgIpc) is 2.85. The largest absolute Gasteiger partial charge is 0.411 e. The number of amides is 1. The molecule has 0 aliphatic rings. The van der Waals surface area contributed by atoms with Crippen molar-refractivity contribution in [1.82, 2.24) is 4.98 Å². The molecule has 116 valence electrons. The normalized spacial score (nSPS) is 10.7. The summed E-state index contributed by atoms with van der Waals surface area (Å²) in [6.07, 6.45) is -1.09. The predicted molar refractivity (Wildman–Crippen MR) is 86.2 cm³/mol. The number of hydrogen-bond donors (Lipinski definition) is 3. The van der Waals surface area contributed by atoms with Crippen LogP contribution in [0.3, 0.4) is 0 Å². The summed E-state index contributed by atoms with van der Waals surface area (Å²) in [7, 11) is 0. The maximum atomic E-state index is 13.1. The van der Waals surface area contributed by atoms with Gasteiger partial charge in [-0.1, -0.05) is 11.6 Å². The number of aromatic amines is 1. The third-order valence-corrected chi connectivity index (χ3v) is 3.56. The van der Waals surface area contributed by atoms with Crippen LogP contribution in [0.2, 0.25) is 5.02 Å². The number of hydrogen-bond acceptors (Lipinski definition) is 3. The maximum Gasteiger partial charge on any atom is 0.411 e. The highest BCUT2D eigenvalue weighted by Crippen LogP contribution is 2.32. The summed E-state index contributed by atoms with van der Waals surface area (Å²) in [5, 5.41) is 9.07. The molecule has 0 aliphatic heterocycles. The lowest BCUT2D eigenvalue weighted by atomic mass is 10.0. The number of nitrogens with two attached hydrogens (primary N) is 1. The summed E-state index contributed by atoms with van der Waals surface area (Å²) in [4.78, 5) is 14.1. The molecule has 1 amide bonds. The van der Waals surface area contributed by atoms with Gasteiger partial charge in [0.15, 0.2) is 0 Å². The second kappa shape index (κ2) is 5.73. The van der Waals surface area contributed by atoms with Crippen molar-refractivity contribution in [2.24, 2.45) is 5.73 Å². The molecular weight excluding hydrogens is 321 g/mol. The number of rotatable bonds is 2. The van der Waals surface area contributed by atoms with E-state index in [9.17, 15) is 9.18 Å². The molecule has 2 aromatic carbocycles. The standard InChI is InChI=1S/C16H11ClFN3O2/c17-9-3-6-12-11(7-9)13(15(19)23-16(20)22)14(21-12)8-1-4-10(18)5-2-8/h1-7,19,21H,(H2,20,22). The lowest BCUT2D eigenvalue weighted by Gasteiger charge is -2.06. The number of carbonyl (C=O) groups is 1. The molecule has 0 spiro atoms. The van der Waals surface area contributed by atoms with Gasteiger partial charge in [0.25, 0.3) is 0 Å². The van der Waals surface area contributed by atoms with E-state index >= 15 is 0 Å². The average molecular weight is 332 g/mol. The monoisotopic (exact) mass is 331 g/mol. The van der Waals surface area contributed by atoms with E-state index in [1.165, 1.54) is 12.1 Å². The number of carbonyl (C=O) groups excluding carboxylic acids is 1. The molecule has 0 saturated carbocycles. The lowest BCUT2D eigenvalue weighted by molar-refractivity contribution is 0.208. The second-order valence-electron chi connectivity index (χ2n) is 4.82. The van der Waals surface area contributed by atoms with E-state index in [-0.39, 0.29) is 5.82 Å². The molecule has 0 saturated heterocycles. The smallest absolute Gasteiger partial charge is 0.391 e. The number of halogens is 2. The first kappa shape index (κ1) is 15.1. The molecule has 1 heterocycles. The highest BCUT2D eigenvalue weighted by atomic mass is 35.5. The number of fused-ring (bicyclic) bond motifs is 1. The molecule has 0 atom stereocenters. The van der Waals surface area contributed by atoms with Crippen molar-refractivity contribution in [2.75, 3.05) is 0 Å². The van der Waals surface area contributed by atoms with Crippen molar-refractivity contribution in [1.29, 1.82) is 5.41 Å². The Balaban J connectivity index is 2.25. The third kappa shape index (κ3) is 2.89. The topological polar surface area (TPSA) is 92.0 Å². The van der Waals surface area contributed by atoms with Gasteiger partial charge < -0.3 is 15.5 Å². The second-order valence-corrected chi connectivity index (χ2v) is 5.26. The van der Waals surface area contributed by atoms with Crippen LogP contribution in [-0.2, 0) is 4.74 Å². The van der Waals surface area contributed by atoms with E-state index in [4.69, 9.17) is 27.5 Å². The summed E-state index contributed by atoms with van der Waals surface area (Å²) in [6, 6.07) is 10.8. The van der Waals surface area contributed by atoms with Gasteiger partial charge in [0.1, 0.15) is 5.82 Å². The first-order chi connectivity index (χ1) is 11.0. The van der Waals surface area contributed by atoms with Crippen molar-refractivity contribution in [3.63, 3.8) is 0 Å². The molecule has 0 radical (unpaired) electrons. The van der Waals surface area contributed by atoms with E-state index in [0.29, 0.717) is 32.7 Å². The van der Waals surface area contributed by atoms with Crippen LogP contribution in [0.5, 0.6) is 0 Å². The summed E-state index contributed by atoms with van der Waals surface area (Å²) in [5.74, 6) is -0.789. The lowest BCUT2D eigenvalue weighted by Crippen LogP contribution is -2.18. The minimum absolute atomic E-state index is 0.327. The van der Waals surface area contributed by atoms with Gasteiger partial charge in [0, 0.05) is 15.9 Å². The van der Waals surface area contributed by atoms with Gasteiger partial charge in [0.2, 0.25) is 5.90 Å². The van der Waals surface area contributed by atoms with Gasteiger partial charge in [-0.2, -0.15) is 0 Å². The minimum Gasteiger partial charge on any atom is -0.391 e. The Bertz CT molecular complexity index is 919. The van der Waals surface area contributed by atoms with Crippen molar-refractivity contribution >= 4 is 34.5 Å². The molecule has 7 heteroatoms. The fourth-order valence-corrected chi connectivity index (χ4v) is 2.56. The Morgan fingerprint density at radius 2 is 1.91 bits per heavy atom. The molecule has 4 N–H and O–H groups in total. The molecule has 0 fully saturated rings. The van der Waals surface area contributed by atoms with Gasteiger partial charge in [-0.15, -0.1) is 0 Å². The van der Waals surface area contributed by atoms with E-state index in [0.717, 1.165) is 0 Å². The van der Waals surface area contributed by atoms with Gasteiger partial charge in [-0.05, 0) is 48.0 Å². The Morgan fingerprint density at radius 1 is 1.22 bits per heavy atom. The Hall–Kier alpha value is -2.86. The van der Waals surface area contributed by atoms with Crippen LogP contribution in [0, 0.1) is 11.2 Å². The number of H-pyrrole nitrogens is 1. The quantitative estimate of drug-likeness (QED) is 0.488. The molecule has 5 nitrogen and oxygen atoms in total. The van der Waals surface area contributed by atoms with Gasteiger partial charge in [0.05, 0.1) is 11.3 Å².